The highest BCUT2D eigenvalue weighted by Gasteiger charge is 2.36. The molecule has 0 aliphatic carbocycles. The molecule has 0 bridgehead atoms. The van der Waals surface area contributed by atoms with Crippen molar-refractivity contribution in [3.8, 4) is 23.0 Å². The molecule has 0 aliphatic rings. The zero-order chi connectivity index (χ0) is 34.2. The molecule has 3 rings (SSSR count). The van der Waals surface area contributed by atoms with Gasteiger partial charge >= 0.3 is 0 Å². The number of halogens is 1. The van der Waals surface area contributed by atoms with Crippen LogP contribution in [0.15, 0.2) is 65.6 Å². The quantitative estimate of drug-likeness (QED) is 0.245. The van der Waals surface area contributed by atoms with Gasteiger partial charge in [-0.15, -0.1) is 0 Å². The van der Waals surface area contributed by atoms with Gasteiger partial charge in [0.15, 0.2) is 11.5 Å². The molecule has 11 nitrogen and oxygen atoms in total. The molecule has 0 radical (unpaired) electrons. The molecule has 3 aromatic carbocycles. The van der Waals surface area contributed by atoms with Crippen LogP contribution in [-0.2, 0) is 26.2 Å². The van der Waals surface area contributed by atoms with Crippen molar-refractivity contribution in [2.45, 2.75) is 57.1 Å². The number of sulfonamides is 1. The van der Waals surface area contributed by atoms with Gasteiger partial charge in [-0.2, -0.15) is 0 Å². The van der Waals surface area contributed by atoms with Crippen LogP contribution in [0.25, 0.3) is 0 Å². The number of hydrogen-bond donors (Lipinski definition) is 1. The Morgan fingerprint density at radius 2 is 1.50 bits per heavy atom. The summed E-state index contributed by atoms with van der Waals surface area (Å²) in [6.45, 7) is 6.56. The van der Waals surface area contributed by atoms with E-state index in [0.29, 0.717) is 22.1 Å². The fourth-order valence-corrected chi connectivity index (χ4v) is 6.42. The van der Waals surface area contributed by atoms with E-state index in [4.69, 9.17) is 30.5 Å². The number of carbonyl (C=O) groups excluding carboxylic acids is 2. The third kappa shape index (κ3) is 8.55. The number of hydrogen-bond acceptors (Lipinski definition) is 8. The fourth-order valence-electron chi connectivity index (χ4n) is 4.79. The molecule has 0 spiro atoms. The normalized spacial score (nSPS) is 12.1. The molecule has 0 heterocycles. The predicted molar refractivity (Wildman–Crippen MR) is 178 cm³/mol. The van der Waals surface area contributed by atoms with Crippen molar-refractivity contribution in [3.63, 3.8) is 0 Å². The average molecular weight is 676 g/mol. The predicted octanol–water partition coefficient (Wildman–Crippen LogP) is 5.29. The molecule has 0 fully saturated rings. The van der Waals surface area contributed by atoms with Crippen molar-refractivity contribution >= 4 is 39.1 Å². The lowest BCUT2D eigenvalue weighted by atomic mass is 10.1. The molecule has 13 heteroatoms. The first kappa shape index (κ1) is 36.3. The first-order chi connectivity index (χ1) is 21.7. The summed E-state index contributed by atoms with van der Waals surface area (Å²) in [6, 6.07) is 14.8. The minimum absolute atomic E-state index is 0.0476. The van der Waals surface area contributed by atoms with E-state index in [1.807, 2.05) is 20.8 Å². The fraction of sp³-hybridized carbons (Fsp3) is 0.394. The molecule has 0 aliphatic heterocycles. The Morgan fingerprint density at radius 3 is 2.07 bits per heavy atom. The van der Waals surface area contributed by atoms with Gasteiger partial charge in [-0.25, -0.2) is 8.42 Å². The molecule has 0 saturated carbocycles. The number of carbonyl (C=O) groups is 2. The molecule has 3 aromatic rings. The zero-order valence-corrected chi connectivity index (χ0v) is 29.0. The summed E-state index contributed by atoms with van der Waals surface area (Å²) < 4.78 is 51.4. The second-order valence-electron chi connectivity index (χ2n) is 11.3. The second-order valence-corrected chi connectivity index (χ2v) is 13.6. The van der Waals surface area contributed by atoms with Gasteiger partial charge in [0.25, 0.3) is 10.0 Å². The van der Waals surface area contributed by atoms with Crippen LogP contribution in [0, 0.1) is 0 Å². The summed E-state index contributed by atoms with van der Waals surface area (Å²) in [7, 11) is 1.18. The van der Waals surface area contributed by atoms with Gasteiger partial charge < -0.3 is 29.2 Å². The minimum atomic E-state index is -4.47. The second kappa shape index (κ2) is 15.4. The van der Waals surface area contributed by atoms with E-state index in [1.54, 1.807) is 43.3 Å². The summed E-state index contributed by atoms with van der Waals surface area (Å²) >= 11 is 6.49. The molecule has 2 amide bonds. The Morgan fingerprint density at radius 1 is 0.870 bits per heavy atom. The van der Waals surface area contributed by atoms with E-state index >= 15 is 0 Å². The van der Waals surface area contributed by atoms with Crippen molar-refractivity contribution in [2.75, 3.05) is 39.3 Å². The number of rotatable bonds is 14. The number of methoxy groups -OCH3 is 4. The Labute approximate surface area is 276 Å². The van der Waals surface area contributed by atoms with Gasteiger partial charge in [0, 0.05) is 29.2 Å². The minimum Gasteiger partial charge on any atom is -0.497 e. The van der Waals surface area contributed by atoms with Crippen LogP contribution in [-0.4, -0.2) is 71.7 Å². The molecule has 1 atom stereocenters. The van der Waals surface area contributed by atoms with Crippen LogP contribution in [0.5, 0.6) is 23.0 Å². The molecule has 46 heavy (non-hydrogen) atoms. The number of nitrogens with zero attached hydrogens (tertiary/aromatic N) is 2. The van der Waals surface area contributed by atoms with Crippen LogP contribution < -0.4 is 28.6 Å². The molecular formula is C33H42ClN3O8S. The lowest BCUT2D eigenvalue weighted by Gasteiger charge is -2.35. The zero-order valence-electron chi connectivity index (χ0n) is 27.4. The highest BCUT2D eigenvalue weighted by Crippen LogP contribution is 2.38. The topological polar surface area (TPSA) is 124 Å². The van der Waals surface area contributed by atoms with E-state index in [2.05, 4.69) is 5.32 Å². The summed E-state index contributed by atoms with van der Waals surface area (Å²) in [5.74, 6) is -0.0248. The van der Waals surface area contributed by atoms with E-state index in [-0.39, 0.29) is 41.0 Å². The third-order valence-corrected chi connectivity index (χ3v) is 9.18. The molecule has 0 saturated heterocycles. The van der Waals surface area contributed by atoms with Crippen molar-refractivity contribution in [2.24, 2.45) is 0 Å². The lowest BCUT2D eigenvalue weighted by Crippen LogP contribution is -2.55. The Balaban J connectivity index is 2.22. The largest absolute Gasteiger partial charge is 0.497 e. The maximum absolute atomic E-state index is 14.5. The van der Waals surface area contributed by atoms with E-state index in [9.17, 15) is 18.0 Å². The highest BCUT2D eigenvalue weighted by molar-refractivity contribution is 7.92. The Bertz CT molecular complexity index is 1640. The molecule has 1 unspecified atom stereocenters. The summed E-state index contributed by atoms with van der Waals surface area (Å²) in [5, 5.41) is 3.34. The molecule has 250 valence electrons. The number of anilines is 1. The van der Waals surface area contributed by atoms with Crippen molar-refractivity contribution < 1.29 is 37.0 Å². The molecule has 0 aromatic heterocycles. The van der Waals surface area contributed by atoms with Gasteiger partial charge in [0.2, 0.25) is 11.8 Å². The number of ether oxygens (including phenoxy) is 4. The summed E-state index contributed by atoms with van der Waals surface area (Å²) in [6.07, 6.45) is 0.253. The summed E-state index contributed by atoms with van der Waals surface area (Å²) in [4.78, 5) is 29.2. The maximum Gasteiger partial charge on any atom is 0.265 e. The standard InChI is InChI=1S/C33H42ClN3O8S/c1-9-26(32(39)35-33(2,3)4)36(20-22-12-10-11-13-25(22)34)31(38)21-37(27-18-23(42-5)14-16-28(27)43-6)46(40,41)24-15-17-29(44-7)30(19-24)45-8/h10-19,26H,9,20-21H2,1-8H3,(H,35,39). The third-order valence-electron chi connectivity index (χ3n) is 7.06. The van der Waals surface area contributed by atoms with Crippen molar-refractivity contribution in [3.05, 3.63) is 71.2 Å². The monoisotopic (exact) mass is 675 g/mol. The maximum atomic E-state index is 14.5. The highest BCUT2D eigenvalue weighted by atomic mass is 35.5. The van der Waals surface area contributed by atoms with Gasteiger partial charge in [-0.1, -0.05) is 36.7 Å². The number of nitrogens with one attached hydrogen (secondary N) is 1. The Kier molecular flexibility index (Phi) is 12.2. The van der Waals surface area contributed by atoms with Crippen LogP contribution in [0.3, 0.4) is 0 Å². The Hall–Kier alpha value is -4.16. The van der Waals surface area contributed by atoms with E-state index in [1.165, 1.54) is 57.6 Å². The van der Waals surface area contributed by atoms with Crippen LogP contribution >= 0.6 is 11.6 Å². The average Bonchev–Trinajstić information content (AvgIpc) is 3.02. The van der Waals surface area contributed by atoms with Gasteiger partial charge in [0.1, 0.15) is 24.1 Å². The van der Waals surface area contributed by atoms with Crippen LogP contribution in [0.4, 0.5) is 5.69 Å². The first-order valence-corrected chi connectivity index (χ1v) is 16.3. The van der Waals surface area contributed by atoms with E-state index < -0.39 is 34.1 Å². The van der Waals surface area contributed by atoms with Crippen molar-refractivity contribution in [1.82, 2.24) is 10.2 Å². The van der Waals surface area contributed by atoms with Crippen LogP contribution in [0.1, 0.15) is 39.7 Å². The first-order valence-electron chi connectivity index (χ1n) is 14.5. The smallest absolute Gasteiger partial charge is 0.265 e. The van der Waals surface area contributed by atoms with Gasteiger partial charge in [-0.05, 0) is 63.1 Å². The number of benzene rings is 3. The molecule has 1 N–H and O–H groups in total. The summed E-state index contributed by atoms with van der Waals surface area (Å²) in [5.41, 5.74) is 0.0584. The number of amides is 2. The van der Waals surface area contributed by atoms with E-state index in [0.717, 1.165) is 4.31 Å². The lowest BCUT2D eigenvalue weighted by molar-refractivity contribution is -0.141. The molecular weight excluding hydrogens is 634 g/mol. The van der Waals surface area contributed by atoms with Crippen molar-refractivity contribution in [1.29, 1.82) is 0 Å². The van der Waals surface area contributed by atoms with Gasteiger partial charge in [-0.3, -0.25) is 13.9 Å². The van der Waals surface area contributed by atoms with Gasteiger partial charge in [0.05, 0.1) is 39.0 Å². The van der Waals surface area contributed by atoms with Crippen LogP contribution in [0.2, 0.25) is 5.02 Å². The SMILES string of the molecule is CCC(C(=O)NC(C)(C)C)N(Cc1ccccc1Cl)C(=O)CN(c1cc(OC)ccc1OC)S(=O)(=O)c1ccc(OC)c(OC)c1.